The summed E-state index contributed by atoms with van der Waals surface area (Å²) in [4.78, 5) is 5.64. The summed E-state index contributed by atoms with van der Waals surface area (Å²) in [5, 5.41) is 13.8. The zero-order chi connectivity index (χ0) is 13.7. The van der Waals surface area contributed by atoms with Gasteiger partial charge in [0.25, 0.3) is 0 Å². The minimum absolute atomic E-state index is 0.147. The second-order valence-electron chi connectivity index (χ2n) is 4.92. The maximum Gasteiger partial charge on any atom is 0.123 e. The predicted molar refractivity (Wildman–Crippen MR) is 80.2 cm³/mol. The Morgan fingerprint density at radius 1 is 1.32 bits per heavy atom. The molecule has 0 aliphatic rings. The van der Waals surface area contributed by atoms with Crippen LogP contribution in [0.5, 0.6) is 0 Å². The van der Waals surface area contributed by atoms with Crippen molar-refractivity contribution < 1.29 is 5.11 Å². The first kappa shape index (κ1) is 14.2. The molecule has 4 heteroatoms. The van der Waals surface area contributed by atoms with Crippen molar-refractivity contribution in [3.8, 4) is 10.6 Å². The fraction of sp³-hybridized carbons (Fsp3) is 0.400. The Balaban J connectivity index is 2.02. The highest BCUT2D eigenvalue weighted by Gasteiger charge is 2.20. The van der Waals surface area contributed by atoms with E-state index < -0.39 is 0 Å². The summed E-state index contributed by atoms with van der Waals surface area (Å²) in [6.45, 7) is 5.00. The molecule has 102 valence electrons. The molecular weight excluding hydrogens is 256 g/mol. The molecule has 2 aromatic rings. The molecule has 0 spiro atoms. The minimum Gasteiger partial charge on any atom is -0.394 e. The summed E-state index contributed by atoms with van der Waals surface area (Å²) in [7, 11) is 0. The average Bonchev–Trinajstić information content (AvgIpc) is 2.95. The number of aliphatic hydroxyl groups excluding tert-OH is 1. The van der Waals surface area contributed by atoms with Gasteiger partial charge in [-0.25, -0.2) is 4.98 Å². The quantitative estimate of drug-likeness (QED) is 0.852. The Bertz CT molecular complexity index is 506. The fourth-order valence-corrected chi connectivity index (χ4v) is 2.55. The monoisotopic (exact) mass is 276 g/mol. The number of thiazole rings is 1. The molecule has 0 radical (unpaired) electrons. The molecule has 1 unspecified atom stereocenters. The third-order valence-corrected chi connectivity index (χ3v) is 4.44. The lowest BCUT2D eigenvalue weighted by atomic mass is 10.0. The average molecular weight is 276 g/mol. The van der Waals surface area contributed by atoms with E-state index in [-0.39, 0.29) is 12.1 Å². The van der Waals surface area contributed by atoms with Crippen molar-refractivity contribution in [3.63, 3.8) is 0 Å². The number of rotatable bonds is 6. The Labute approximate surface area is 118 Å². The van der Waals surface area contributed by atoms with Gasteiger partial charge in [0, 0.05) is 28.7 Å². The van der Waals surface area contributed by atoms with Gasteiger partial charge in [0.15, 0.2) is 0 Å². The van der Waals surface area contributed by atoms with E-state index in [0.29, 0.717) is 0 Å². The molecule has 1 aromatic carbocycles. The van der Waals surface area contributed by atoms with E-state index in [1.807, 2.05) is 31.3 Å². The summed E-state index contributed by atoms with van der Waals surface area (Å²) in [5.74, 6) is 0. The smallest absolute Gasteiger partial charge is 0.123 e. The van der Waals surface area contributed by atoms with Crippen LogP contribution < -0.4 is 5.32 Å². The molecule has 2 N–H and O–H groups in total. The zero-order valence-electron chi connectivity index (χ0n) is 11.4. The SMILES string of the molecule is CCC(C)(CO)NCc1cnc(-c2ccccc2)s1. The molecule has 1 aromatic heterocycles. The highest BCUT2D eigenvalue weighted by atomic mass is 32.1. The van der Waals surface area contributed by atoms with E-state index >= 15 is 0 Å². The van der Waals surface area contributed by atoms with Crippen LogP contribution >= 0.6 is 11.3 Å². The van der Waals surface area contributed by atoms with Gasteiger partial charge in [-0.2, -0.15) is 0 Å². The van der Waals surface area contributed by atoms with E-state index in [1.54, 1.807) is 11.3 Å². The summed E-state index contributed by atoms with van der Waals surface area (Å²) in [6, 6.07) is 10.2. The van der Waals surface area contributed by atoms with Crippen LogP contribution in [0.3, 0.4) is 0 Å². The third-order valence-electron chi connectivity index (χ3n) is 3.39. The van der Waals surface area contributed by atoms with Crippen LogP contribution in [-0.2, 0) is 6.54 Å². The van der Waals surface area contributed by atoms with Crippen molar-refractivity contribution in [1.29, 1.82) is 0 Å². The number of benzene rings is 1. The van der Waals surface area contributed by atoms with Gasteiger partial charge in [-0.1, -0.05) is 37.3 Å². The van der Waals surface area contributed by atoms with E-state index in [2.05, 4.69) is 29.4 Å². The molecule has 0 aliphatic carbocycles. The molecule has 2 rings (SSSR count). The number of aromatic nitrogens is 1. The molecule has 1 heterocycles. The Morgan fingerprint density at radius 3 is 2.68 bits per heavy atom. The normalized spacial score (nSPS) is 14.3. The van der Waals surface area contributed by atoms with Crippen molar-refractivity contribution in [2.24, 2.45) is 0 Å². The Hall–Kier alpha value is -1.23. The van der Waals surface area contributed by atoms with Gasteiger partial charge in [0.1, 0.15) is 5.01 Å². The van der Waals surface area contributed by atoms with Crippen molar-refractivity contribution >= 4 is 11.3 Å². The standard InChI is InChI=1S/C15H20N2OS/c1-3-15(2,11-18)17-10-13-9-16-14(19-13)12-7-5-4-6-8-12/h4-9,17-18H,3,10-11H2,1-2H3. The Morgan fingerprint density at radius 2 is 2.05 bits per heavy atom. The van der Waals surface area contributed by atoms with Gasteiger partial charge in [-0.3, -0.25) is 0 Å². The van der Waals surface area contributed by atoms with Gasteiger partial charge >= 0.3 is 0 Å². The number of nitrogens with one attached hydrogen (secondary N) is 1. The molecule has 0 saturated carbocycles. The first-order valence-corrected chi connectivity index (χ1v) is 7.34. The summed E-state index contributed by atoms with van der Waals surface area (Å²) in [6.07, 6.45) is 2.81. The van der Waals surface area contributed by atoms with E-state index in [9.17, 15) is 5.11 Å². The van der Waals surface area contributed by atoms with Crippen LogP contribution in [0, 0.1) is 0 Å². The predicted octanol–water partition coefficient (Wildman–Crippen LogP) is 3.06. The topological polar surface area (TPSA) is 45.1 Å². The van der Waals surface area contributed by atoms with Gasteiger partial charge in [-0.05, 0) is 13.3 Å². The third kappa shape index (κ3) is 3.62. The summed E-state index contributed by atoms with van der Waals surface area (Å²) in [5.41, 5.74) is 0.941. The maximum atomic E-state index is 9.37. The lowest BCUT2D eigenvalue weighted by Crippen LogP contribution is -2.44. The number of nitrogens with zero attached hydrogens (tertiary/aromatic N) is 1. The second-order valence-corrected chi connectivity index (χ2v) is 6.04. The molecule has 1 atom stereocenters. The largest absolute Gasteiger partial charge is 0.394 e. The molecule has 3 nitrogen and oxygen atoms in total. The molecular formula is C15H20N2OS. The maximum absolute atomic E-state index is 9.37. The molecule has 0 saturated heterocycles. The van der Waals surface area contributed by atoms with Gasteiger partial charge in [0.05, 0.1) is 6.61 Å². The summed E-state index contributed by atoms with van der Waals surface area (Å²) >= 11 is 1.69. The molecule has 0 aliphatic heterocycles. The summed E-state index contributed by atoms with van der Waals surface area (Å²) < 4.78 is 0. The van der Waals surface area contributed by atoms with Crippen molar-refractivity contribution in [3.05, 3.63) is 41.4 Å². The molecule has 0 bridgehead atoms. The van der Waals surface area contributed by atoms with Crippen LogP contribution in [-0.4, -0.2) is 22.2 Å². The number of hydrogen-bond donors (Lipinski definition) is 2. The zero-order valence-corrected chi connectivity index (χ0v) is 12.2. The first-order chi connectivity index (χ1) is 9.17. The lowest BCUT2D eigenvalue weighted by molar-refractivity contribution is 0.169. The van der Waals surface area contributed by atoms with Crippen LogP contribution in [0.4, 0.5) is 0 Å². The van der Waals surface area contributed by atoms with E-state index in [1.165, 1.54) is 4.88 Å². The van der Waals surface area contributed by atoms with Crippen molar-refractivity contribution in [2.75, 3.05) is 6.61 Å². The van der Waals surface area contributed by atoms with Crippen molar-refractivity contribution in [1.82, 2.24) is 10.3 Å². The Kier molecular flexibility index (Phi) is 4.69. The molecule has 0 fully saturated rings. The van der Waals surface area contributed by atoms with Gasteiger partial charge in [-0.15, -0.1) is 11.3 Å². The van der Waals surface area contributed by atoms with Crippen LogP contribution in [0.25, 0.3) is 10.6 Å². The minimum atomic E-state index is -0.211. The van der Waals surface area contributed by atoms with E-state index in [0.717, 1.165) is 23.5 Å². The molecule has 19 heavy (non-hydrogen) atoms. The van der Waals surface area contributed by atoms with Gasteiger partial charge < -0.3 is 10.4 Å². The van der Waals surface area contributed by atoms with Crippen LogP contribution in [0.15, 0.2) is 36.5 Å². The van der Waals surface area contributed by atoms with Crippen LogP contribution in [0.1, 0.15) is 25.1 Å². The molecule has 0 amide bonds. The fourth-order valence-electron chi connectivity index (χ4n) is 1.70. The highest BCUT2D eigenvalue weighted by Crippen LogP contribution is 2.25. The lowest BCUT2D eigenvalue weighted by Gasteiger charge is -2.26. The number of aliphatic hydroxyl groups is 1. The number of hydrogen-bond acceptors (Lipinski definition) is 4. The van der Waals surface area contributed by atoms with Crippen LogP contribution in [0.2, 0.25) is 0 Å². The first-order valence-electron chi connectivity index (χ1n) is 6.53. The second kappa shape index (κ2) is 6.28. The highest BCUT2D eigenvalue weighted by molar-refractivity contribution is 7.15. The van der Waals surface area contributed by atoms with E-state index in [4.69, 9.17) is 0 Å². The van der Waals surface area contributed by atoms with Crippen molar-refractivity contribution in [2.45, 2.75) is 32.4 Å². The van der Waals surface area contributed by atoms with Gasteiger partial charge in [0.2, 0.25) is 0 Å².